The number of amides is 1. The van der Waals surface area contributed by atoms with Crippen molar-refractivity contribution in [2.45, 2.75) is 64.4 Å². The van der Waals surface area contributed by atoms with Gasteiger partial charge >= 0.3 is 6.09 Å². The summed E-state index contributed by atoms with van der Waals surface area (Å²) >= 11 is 0. The molecule has 2 atom stereocenters. The summed E-state index contributed by atoms with van der Waals surface area (Å²) in [6.07, 6.45) is 1.05. The number of halogens is 1. The monoisotopic (exact) mass is 599 g/mol. The first-order chi connectivity index (χ1) is 21.2. The molecule has 7 heteroatoms. The van der Waals surface area contributed by atoms with E-state index in [2.05, 4.69) is 54.6 Å². The van der Waals surface area contributed by atoms with Gasteiger partial charge in [0.05, 0.1) is 39.1 Å². The van der Waals surface area contributed by atoms with E-state index in [-0.39, 0.29) is 23.9 Å². The smallest absolute Gasteiger partial charge is 0.410 e. The summed E-state index contributed by atoms with van der Waals surface area (Å²) in [5.41, 5.74) is 2.83. The maximum atomic E-state index is 13.0. The zero-order chi connectivity index (χ0) is 30.9. The number of fused-ring (bicyclic) bond motifs is 1. The summed E-state index contributed by atoms with van der Waals surface area (Å²) in [5, 5.41) is 2.38. The van der Waals surface area contributed by atoms with Crippen LogP contribution in [-0.4, -0.2) is 49.0 Å². The van der Waals surface area contributed by atoms with Crippen molar-refractivity contribution in [1.82, 2.24) is 4.90 Å². The predicted octanol–water partition coefficient (Wildman–Crippen LogP) is 8.27. The molecule has 1 amide bonds. The molecule has 5 rings (SSSR count). The third-order valence-electron chi connectivity index (χ3n) is 7.68. The minimum Gasteiger partial charge on any atom is -0.494 e. The first kappa shape index (κ1) is 31.5. The molecule has 1 aliphatic heterocycles. The lowest BCUT2D eigenvalue weighted by atomic mass is 9.86. The molecule has 1 heterocycles. The van der Waals surface area contributed by atoms with Gasteiger partial charge in [0.1, 0.15) is 17.2 Å². The second-order valence-corrected chi connectivity index (χ2v) is 12.3. The molecule has 0 N–H and O–H groups in total. The first-order valence-corrected chi connectivity index (χ1v) is 15.4. The van der Waals surface area contributed by atoms with Crippen molar-refractivity contribution in [3.8, 4) is 5.75 Å². The Bertz CT molecular complexity index is 1500. The summed E-state index contributed by atoms with van der Waals surface area (Å²) in [5.74, 6) is 0.521. The number of hydrogen-bond acceptors (Lipinski definition) is 5. The second kappa shape index (κ2) is 14.7. The predicted molar refractivity (Wildman–Crippen MR) is 170 cm³/mol. The van der Waals surface area contributed by atoms with E-state index in [1.165, 1.54) is 28.5 Å². The highest BCUT2D eigenvalue weighted by Gasteiger charge is 2.35. The maximum Gasteiger partial charge on any atom is 0.410 e. The van der Waals surface area contributed by atoms with Gasteiger partial charge in [0, 0.05) is 18.9 Å². The van der Waals surface area contributed by atoms with E-state index in [0.29, 0.717) is 45.3 Å². The van der Waals surface area contributed by atoms with Gasteiger partial charge in [-0.05, 0) is 85.0 Å². The number of benzene rings is 4. The summed E-state index contributed by atoms with van der Waals surface area (Å²) in [7, 11) is 0. The van der Waals surface area contributed by atoms with Crippen molar-refractivity contribution in [2.75, 3.05) is 26.3 Å². The van der Waals surface area contributed by atoms with E-state index in [9.17, 15) is 9.18 Å². The number of nitrogens with zero attached hydrogens (tertiary/aromatic N) is 1. The summed E-state index contributed by atoms with van der Waals surface area (Å²) < 4.78 is 36.7. The van der Waals surface area contributed by atoms with Gasteiger partial charge in [-0.3, -0.25) is 0 Å². The highest BCUT2D eigenvalue weighted by molar-refractivity contribution is 5.82. The van der Waals surface area contributed by atoms with E-state index >= 15 is 0 Å². The summed E-state index contributed by atoms with van der Waals surface area (Å²) in [6.45, 7) is 8.79. The van der Waals surface area contributed by atoms with E-state index in [0.717, 1.165) is 24.0 Å². The van der Waals surface area contributed by atoms with Crippen molar-refractivity contribution in [2.24, 2.45) is 0 Å². The minimum atomic E-state index is -0.553. The van der Waals surface area contributed by atoms with E-state index in [1.807, 2.05) is 32.9 Å². The van der Waals surface area contributed by atoms with Crippen LogP contribution in [0.5, 0.6) is 5.75 Å². The number of carbonyl (C=O) groups is 1. The average molecular weight is 600 g/mol. The van der Waals surface area contributed by atoms with Gasteiger partial charge in [-0.25, -0.2) is 9.18 Å². The Balaban J connectivity index is 1.17. The summed E-state index contributed by atoms with van der Waals surface area (Å²) in [6, 6.07) is 29.2. The molecule has 0 aliphatic carbocycles. The van der Waals surface area contributed by atoms with Gasteiger partial charge < -0.3 is 23.8 Å². The van der Waals surface area contributed by atoms with Crippen molar-refractivity contribution in [1.29, 1.82) is 0 Å². The molecule has 44 heavy (non-hydrogen) atoms. The maximum absolute atomic E-state index is 13.0. The van der Waals surface area contributed by atoms with Gasteiger partial charge in [-0.15, -0.1) is 0 Å². The standard InChI is InChI=1S/C37H42FNO5/c1-37(2,3)44-36(40)39-20-19-34(35(24-39)43-26-28-11-12-29-7-4-5-8-31(29)23-28)30-13-9-27(10-14-30)25-41-21-6-22-42-33-17-15-32(38)16-18-33/h4-5,7-18,23,34-35H,6,19-22,24-26H2,1-3H3. The minimum absolute atomic E-state index is 0.146. The topological polar surface area (TPSA) is 57.2 Å². The van der Waals surface area contributed by atoms with Crippen LogP contribution >= 0.6 is 0 Å². The molecule has 1 aliphatic rings. The quantitative estimate of drug-likeness (QED) is 0.162. The zero-order valence-electron chi connectivity index (χ0n) is 25.8. The van der Waals surface area contributed by atoms with Crippen LogP contribution in [0.25, 0.3) is 10.8 Å². The fraction of sp³-hybridized carbons (Fsp3) is 0.378. The molecule has 0 bridgehead atoms. The average Bonchev–Trinajstić information content (AvgIpc) is 3.02. The molecule has 0 aromatic heterocycles. The number of piperidine rings is 1. The zero-order valence-corrected chi connectivity index (χ0v) is 25.8. The lowest BCUT2D eigenvalue weighted by molar-refractivity contribution is -0.0359. The molecule has 4 aromatic rings. The number of ether oxygens (including phenoxy) is 4. The molecule has 0 radical (unpaired) electrons. The van der Waals surface area contributed by atoms with Gasteiger partial charge in [0.25, 0.3) is 0 Å². The normalized spacial score (nSPS) is 17.0. The Labute approximate surface area is 259 Å². The third-order valence-corrected chi connectivity index (χ3v) is 7.68. The fourth-order valence-corrected chi connectivity index (χ4v) is 5.42. The molecule has 6 nitrogen and oxygen atoms in total. The van der Waals surface area contributed by atoms with Gasteiger partial charge in [0.15, 0.2) is 0 Å². The van der Waals surface area contributed by atoms with Crippen LogP contribution in [0.15, 0.2) is 91.0 Å². The van der Waals surface area contributed by atoms with Gasteiger partial charge in [0.2, 0.25) is 0 Å². The van der Waals surface area contributed by atoms with Crippen molar-refractivity contribution in [3.05, 3.63) is 114 Å². The van der Waals surface area contributed by atoms with Gasteiger partial charge in [-0.1, -0.05) is 60.7 Å². The Morgan fingerprint density at radius 3 is 2.34 bits per heavy atom. The van der Waals surface area contributed by atoms with Crippen molar-refractivity contribution >= 4 is 16.9 Å². The number of rotatable bonds is 11. The van der Waals surface area contributed by atoms with E-state index in [4.69, 9.17) is 18.9 Å². The highest BCUT2D eigenvalue weighted by atomic mass is 19.1. The number of carbonyl (C=O) groups excluding carboxylic acids is 1. The molecule has 0 saturated carbocycles. The van der Waals surface area contributed by atoms with Gasteiger partial charge in [-0.2, -0.15) is 0 Å². The Morgan fingerprint density at radius 1 is 0.864 bits per heavy atom. The molecule has 2 unspecified atom stereocenters. The molecule has 232 valence electrons. The second-order valence-electron chi connectivity index (χ2n) is 12.3. The van der Waals surface area contributed by atoms with Crippen LogP contribution in [0.1, 0.15) is 56.2 Å². The van der Waals surface area contributed by atoms with Crippen LogP contribution in [-0.2, 0) is 27.4 Å². The van der Waals surface area contributed by atoms with Crippen LogP contribution in [0, 0.1) is 5.82 Å². The number of hydrogen-bond donors (Lipinski definition) is 0. The van der Waals surface area contributed by atoms with Crippen molar-refractivity contribution in [3.63, 3.8) is 0 Å². The summed E-state index contributed by atoms with van der Waals surface area (Å²) in [4.78, 5) is 14.7. The largest absolute Gasteiger partial charge is 0.494 e. The van der Waals surface area contributed by atoms with E-state index < -0.39 is 5.60 Å². The van der Waals surface area contributed by atoms with E-state index in [1.54, 1.807) is 17.0 Å². The Hall–Kier alpha value is -3.94. The third kappa shape index (κ3) is 9.04. The SMILES string of the molecule is CC(C)(C)OC(=O)N1CCC(c2ccc(COCCCOc3ccc(F)cc3)cc2)C(OCc2ccc3ccccc3c2)C1. The first-order valence-electron chi connectivity index (χ1n) is 15.4. The van der Waals surface area contributed by atoms with Crippen LogP contribution < -0.4 is 4.74 Å². The van der Waals surface area contributed by atoms with Crippen LogP contribution in [0.3, 0.4) is 0 Å². The van der Waals surface area contributed by atoms with Crippen molar-refractivity contribution < 1.29 is 28.1 Å². The lowest BCUT2D eigenvalue weighted by Crippen LogP contribution is -2.48. The lowest BCUT2D eigenvalue weighted by Gasteiger charge is -2.39. The van der Waals surface area contributed by atoms with Crippen LogP contribution in [0.2, 0.25) is 0 Å². The molecule has 1 saturated heterocycles. The Morgan fingerprint density at radius 2 is 1.59 bits per heavy atom. The molecular formula is C37H42FNO5. The fourth-order valence-electron chi connectivity index (χ4n) is 5.42. The highest BCUT2D eigenvalue weighted by Crippen LogP contribution is 2.32. The Kier molecular flexibility index (Phi) is 10.5. The molecule has 4 aromatic carbocycles. The molecular weight excluding hydrogens is 557 g/mol. The molecule has 1 fully saturated rings. The van der Waals surface area contributed by atoms with Crippen LogP contribution in [0.4, 0.5) is 9.18 Å². The molecule has 0 spiro atoms. The number of likely N-dealkylation sites (tertiary alicyclic amines) is 1.